The van der Waals surface area contributed by atoms with E-state index < -0.39 is 29.6 Å². The number of allylic oxidation sites excluding steroid dienone is 1. The van der Waals surface area contributed by atoms with Gasteiger partial charge in [0.15, 0.2) is 0 Å². The lowest BCUT2D eigenvalue weighted by molar-refractivity contribution is -0.173. The second-order valence-corrected chi connectivity index (χ2v) is 7.63. The number of rotatable bonds is 5. The minimum Gasteiger partial charge on any atom is -0.459 e. The summed E-state index contributed by atoms with van der Waals surface area (Å²) < 4.78 is 16.0. The summed E-state index contributed by atoms with van der Waals surface area (Å²) in [7, 11) is 0. The van der Waals surface area contributed by atoms with Gasteiger partial charge in [0.1, 0.15) is 18.8 Å². The number of aliphatic hydroxyl groups is 1. The number of nitrogens with zero attached hydrogens (tertiary/aromatic N) is 1. The van der Waals surface area contributed by atoms with Crippen molar-refractivity contribution in [1.29, 1.82) is 0 Å². The normalized spacial score (nSPS) is 35.4. The van der Waals surface area contributed by atoms with Crippen LogP contribution in [-0.2, 0) is 28.6 Å². The zero-order valence-electron chi connectivity index (χ0n) is 16.6. The number of cyclic esters (lactones) is 1. The van der Waals surface area contributed by atoms with E-state index in [1.54, 1.807) is 19.9 Å². The second-order valence-electron chi connectivity index (χ2n) is 7.63. The van der Waals surface area contributed by atoms with Gasteiger partial charge in [-0.05, 0) is 39.7 Å². The average molecular weight is 393 g/mol. The molecule has 0 aliphatic carbocycles. The minimum absolute atomic E-state index is 0.0351. The Kier molecular flexibility index (Phi) is 5.63. The van der Waals surface area contributed by atoms with Crippen LogP contribution in [0, 0.1) is 5.92 Å². The van der Waals surface area contributed by atoms with Gasteiger partial charge in [0, 0.05) is 18.7 Å². The van der Waals surface area contributed by atoms with Crippen molar-refractivity contribution in [3.05, 3.63) is 23.3 Å². The van der Waals surface area contributed by atoms with Crippen LogP contribution in [0.1, 0.15) is 34.1 Å². The molecule has 0 radical (unpaired) electrons. The molecule has 5 atom stereocenters. The van der Waals surface area contributed by atoms with Crippen molar-refractivity contribution >= 4 is 17.9 Å². The quantitative estimate of drug-likeness (QED) is 0.316. The summed E-state index contributed by atoms with van der Waals surface area (Å²) >= 11 is 0. The molecular weight excluding hydrogens is 366 g/mol. The molecule has 3 aliphatic heterocycles. The summed E-state index contributed by atoms with van der Waals surface area (Å²) in [5.74, 6) is -2.85. The predicted octanol–water partition coefficient (Wildman–Crippen LogP) is 0.734. The van der Waals surface area contributed by atoms with E-state index in [0.29, 0.717) is 18.5 Å². The van der Waals surface area contributed by atoms with Crippen LogP contribution in [0.4, 0.5) is 0 Å². The van der Waals surface area contributed by atoms with Crippen molar-refractivity contribution in [3.63, 3.8) is 0 Å². The lowest BCUT2D eigenvalue weighted by atomic mass is 9.87. The number of hydrogen-bond acceptors (Lipinski definition) is 8. The lowest BCUT2D eigenvalue weighted by Gasteiger charge is -2.27. The molecule has 0 aromatic heterocycles. The Morgan fingerprint density at radius 2 is 2.14 bits per heavy atom. The lowest BCUT2D eigenvalue weighted by Crippen LogP contribution is -2.50. The number of fused-ring (bicyclic) bond motifs is 1. The summed E-state index contributed by atoms with van der Waals surface area (Å²) in [6.07, 6.45) is 3.08. The van der Waals surface area contributed by atoms with Gasteiger partial charge in [-0.15, -0.1) is 0 Å². The number of carbonyl (C=O) groups is 3. The van der Waals surface area contributed by atoms with Gasteiger partial charge in [-0.2, -0.15) is 0 Å². The van der Waals surface area contributed by atoms with Crippen LogP contribution >= 0.6 is 0 Å². The molecule has 1 N–H and O–H groups in total. The number of hydrogen-bond donors (Lipinski definition) is 1. The fourth-order valence-corrected chi connectivity index (χ4v) is 3.98. The van der Waals surface area contributed by atoms with E-state index >= 15 is 0 Å². The van der Waals surface area contributed by atoms with Crippen LogP contribution in [0.15, 0.2) is 23.3 Å². The van der Waals surface area contributed by atoms with Gasteiger partial charge >= 0.3 is 17.9 Å². The molecule has 0 aromatic carbocycles. The van der Waals surface area contributed by atoms with E-state index in [0.717, 1.165) is 12.1 Å². The molecule has 3 heterocycles. The van der Waals surface area contributed by atoms with Crippen molar-refractivity contribution in [2.45, 2.75) is 58.0 Å². The summed E-state index contributed by atoms with van der Waals surface area (Å²) in [6.45, 7) is 7.83. The fourth-order valence-electron chi connectivity index (χ4n) is 3.98. The first-order valence-corrected chi connectivity index (χ1v) is 9.57. The molecule has 8 nitrogen and oxygen atoms in total. The molecule has 0 unspecified atom stereocenters. The molecule has 3 rings (SSSR count). The first-order valence-electron chi connectivity index (χ1n) is 9.57. The van der Waals surface area contributed by atoms with E-state index in [4.69, 9.17) is 14.2 Å². The molecule has 0 saturated carbocycles. The first-order chi connectivity index (χ1) is 13.2. The maximum atomic E-state index is 12.5. The molecule has 0 spiro atoms. The highest BCUT2D eigenvalue weighted by Crippen LogP contribution is 2.35. The van der Waals surface area contributed by atoms with E-state index in [1.807, 2.05) is 6.08 Å². The molecule has 154 valence electrons. The van der Waals surface area contributed by atoms with Crippen LogP contribution in [0.25, 0.3) is 0 Å². The van der Waals surface area contributed by atoms with E-state index in [1.165, 1.54) is 13.8 Å². The zero-order chi connectivity index (χ0) is 20.6. The molecule has 2 saturated heterocycles. The van der Waals surface area contributed by atoms with E-state index in [2.05, 4.69) is 4.90 Å². The van der Waals surface area contributed by atoms with Gasteiger partial charge in [-0.3, -0.25) is 9.69 Å². The summed E-state index contributed by atoms with van der Waals surface area (Å²) in [5.41, 5.74) is -0.624. The number of carbonyl (C=O) groups excluding carboxylic acids is 3. The van der Waals surface area contributed by atoms with Crippen LogP contribution in [0.5, 0.6) is 0 Å². The standard InChI is InChI=1S/C20H27NO7/c1-5-11(2)17(22)28-15-7-9-21-8-6-14(16(15)21)10-26-19(24)20(25)12(3)18(23)27-13(20)4/h5-6,12-13,15-16,25H,7-10H2,1-4H3/b11-5+/t12-,13-,15-,16-,20+/m1/s1. The van der Waals surface area contributed by atoms with Crippen molar-refractivity contribution in [1.82, 2.24) is 4.90 Å². The number of ether oxygens (including phenoxy) is 3. The topological polar surface area (TPSA) is 102 Å². The predicted molar refractivity (Wildman–Crippen MR) is 98.0 cm³/mol. The summed E-state index contributed by atoms with van der Waals surface area (Å²) in [4.78, 5) is 38.5. The van der Waals surface area contributed by atoms with E-state index in [9.17, 15) is 19.5 Å². The minimum atomic E-state index is -2.00. The largest absolute Gasteiger partial charge is 0.459 e. The maximum Gasteiger partial charge on any atom is 0.343 e. The highest BCUT2D eigenvalue weighted by atomic mass is 16.6. The Balaban J connectivity index is 1.64. The van der Waals surface area contributed by atoms with Crippen molar-refractivity contribution in [3.8, 4) is 0 Å². The molecular formula is C20H27NO7. The van der Waals surface area contributed by atoms with E-state index in [-0.39, 0.29) is 24.7 Å². The van der Waals surface area contributed by atoms with Gasteiger partial charge in [0.2, 0.25) is 5.60 Å². The molecule has 2 fully saturated rings. The Labute approximate surface area is 164 Å². The smallest absolute Gasteiger partial charge is 0.343 e. The maximum absolute atomic E-state index is 12.5. The SMILES string of the molecule is C/C=C(\C)C(=O)O[C@@H]1CCN2CC=C(COC(=O)[C@]3(O)[C@H](C)C(=O)O[C@@H]3C)[C@H]12. The van der Waals surface area contributed by atoms with Gasteiger partial charge in [-0.25, -0.2) is 9.59 Å². The highest BCUT2D eigenvalue weighted by Gasteiger charge is 2.59. The Bertz CT molecular complexity index is 743. The third-order valence-electron chi connectivity index (χ3n) is 6.05. The third-order valence-corrected chi connectivity index (χ3v) is 6.05. The zero-order valence-corrected chi connectivity index (χ0v) is 16.6. The van der Waals surface area contributed by atoms with Crippen LogP contribution in [-0.4, -0.2) is 71.5 Å². The molecule has 0 aromatic rings. The first kappa shape index (κ1) is 20.5. The van der Waals surface area contributed by atoms with Crippen LogP contribution < -0.4 is 0 Å². The molecule has 0 amide bonds. The Morgan fingerprint density at radius 1 is 1.43 bits per heavy atom. The van der Waals surface area contributed by atoms with Crippen molar-refractivity contribution in [2.75, 3.05) is 19.7 Å². The second kappa shape index (κ2) is 7.67. The van der Waals surface area contributed by atoms with Crippen LogP contribution in [0.2, 0.25) is 0 Å². The summed E-state index contributed by atoms with van der Waals surface area (Å²) in [6, 6.07) is -0.146. The van der Waals surface area contributed by atoms with Gasteiger partial charge < -0.3 is 19.3 Å². The van der Waals surface area contributed by atoms with Crippen molar-refractivity contribution < 1.29 is 33.7 Å². The van der Waals surface area contributed by atoms with Crippen molar-refractivity contribution in [2.24, 2.45) is 5.92 Å². The third kappa shape index (κ3) is 3.35. The Hall–Kier alpha value is -2.19. The summed E-state index contributed by atoms with van der Waals surface area (Å²) in [5, 5.41) is 10.7. The fraction of sp³-hybridized carbons (Fsp3) is 0.650. The molecule has 0 bridgehead atoms. The highest BCUT2D eigenvalue weighted by molar-refractivity contribution is 5.91. The van der Waals surface area contributed by atoms with Crippen LogP contribution in [0.3, 0.4) is 0 Å². The molecule has 8 heteroatoms. The monoisotopic (exact) mass is 393 g/mol. The average Bonchev–Trinajstić information content (AvgIpc) is 3.31. The van der Waals surface area contributed by atoms with Gasteiger partial charge in [0.25, 0.3) is 0 Å². The Morgan fingerprint density at radius 3 is 2.75 bits per heavy atom. The van der Waals surface area contributed by atoms with Gasteiger partial charge in [-0.1, -0.05) is 12.2 Å². The number of esters is 3. The van der Waals surface area contributed by atoms with Gasteiger partial charge in [0.05, 0.1) is 12.0 Å². The molecule has 3 aliphatic rings. The molecule has 28 heavy (non-hydrogen) atoms.